The zero-order valence-electron chi connectivity index (χ0n) is 15.2. The first-order valence-electron chi connectivity index (χ1n) is 9.00. The predicted molar refractivity (Wildman–Crippen MR) is 96.8 cm³/mol. The van der Waals surface area contributed by atoms with Crippen LogP contribution < -0.4 is 5.32 Å². The molecule has 2 N–H and O–H groups in total. The number of likely N-dealkylation sites (tertiary alicyclic amines) is 1. The average Bonchev–Trinajstić information content (AvgIpc) is 3.06. The monoisotopic (exact) mass is 364 g/mol. The second-order valence-corrected chi connectivity index (χ2v) is 6.43. The molecule has 0 aromatic heterocycles. The number of nitrogens with one attached hydrogen (secondary N) is 1. The molecule has 2 aliphatic rings. The predicted octanol–water partition coefficient (Wildman–Crippen LogP) is 1.27. The largest absolute Gasteiger partial charge is 0.481 e. The summed E-state index contributed by atoms with van der Waals surface area (Å²) in [4.78, 5) is 23.1. The first-order chi connectivity index (χ1) is 12.6. The van der Waals surface area contributed by atoms with Gasteiger partial charge in [0, 0.05) is 39.6 Å². The maximum Gasteiger partial charge on any atom is 0.300 e. The summed E-state index contributed by atoms with van der Waals surface area (Å²) in [6, 6.07) is 10.4. The summed E-state index contributed by atoms with van der Waals surface area (Å²) in [5.74, 6) is -0.622. The molecule has 1 amide bonds. The second-order valence-electron chi connectivity index (χ2n) is 6.43. The quantitative estimate of drug-likeness (QED) is 0.739. The molecule has 7 heteroatoms. The van der Waals surface area contributed by atoms with Crippen LogP contribution in [0.25, 0.3) is 0 Å². The van der Waals surface area contributed by atoms with Gasteiger partial charge in [-0.1, -0.05) is 30.3 Å². The molecule has 1 aromatic carbocycles. The number of rotatable bonds is 6. The molecule has 2 fully saturated rings. The first kappa shape index (κ1) is 20.4. The summed E-state index contributed by atoms with van der Waals surface area (Å²) < 4.78 is 11.3. The number of hydrogen-bond acceptors (Lipinski definition) is 5. The third kappa shape index (κ3) is 7.11. The number of carbonyl (C=O) groups excluding carboxylic acids is 1. The van der Waals surface area contributed by atoms with Crippen LogP contribution in [-0.2, 0) is 25.7 Å². The minimum atomic E-state index is -0.833. The second kappa shape index (κ2) is 10.9. The molecular formula is C19H28N2O5. The van der Waals surface area contributed by atoms with Crippen molar-refractivity contribution in [2.24, 2.45) is 0 Å². The Morgan fingerprint density at radius 2 is 2.04 bits per heavy atom. The maximum absolute atomic E-state index is 12.2. The van der Waals surface area contributed by atoms with E-state index in [-0.39, 0.29) is 12.0 Å². The molecule has 2 heterocycles. The van der Waals surface area contributed by atoms with Crippen molar-refractivity contribution in [3.63, 3.8) is 0 Å². The van der Waals surface area contributed by atoms with Gasteiger partial charge in [0.05, 0.1) is 25.4 Å². The minimum Gasteiger partial charge on any atom is -0.481 e. The normalized spacial score (nSPS) is 21.5. The smallest absolute Gasteiger partial charge is 0.300 e. The van der Waals surface area contributed by atoms with Gasteiger partial charge in [-0.05, 0) is 12.0 Å². The number of aliphatic carboxylic acids is 1. The number of carboxylic acids is 1. The van der Waals surface area contributed by atoms with E-state index in [9.17, 15) is 4.79 Å². The lowest BCUT2D eigenvalue weighted by Crippen LogP contribution is -2.47. The molecule has 2 aliphatic heterocycles. The van der Waals surface area contributed by atoms with E-state index in [1.807, 2.05) is 35.2 Å². The van der Waals surface area contributed by atoms with E-state index in [0.717, 1.165) is 39.6 Å². The van der Waals surface area contributed by atoms with Crippen LogP contribution in [0.4, 0.5) is 0 Å². The van der Waals surface area contributed by atoms with Crippen molar-refractivity contribution in [1.29, 1.82) is 0 Å². The van der Waals surface area contributed by atoms with Gasteiger partial charge < -0.3 is 24.8 Å². The highest BCUT2D eigenvalue weighted by atomic mass is 16.5. The highest BCUT2D eigenvalue weighted by Gasteiger charge is 2.37. The van der Waals surface area contributed by atoms with E-state index in [2.05, 4.69) is 5.32 Å². The molecule has 0 aliphatic carbocycles. The van der Waals surface area contributed by atoms with E-state index < -0.39 is 5.97 Å². The maximum atomic E-state index is 12.2. The van der Waals surface area contributed by atoms with Crippen molar-refractivity contribution < 1.29 is 24.2 Å². The number of benzene rings is 1. The van der Waals surface area contributed by atoms with Gasteiger partial charge >= 0.3 is 0 Å². The van der Waals surface area contributed by atoms with E-state index >= 15 is 0 Å². The first-order valence-corrected chi connectivity index (χ1v) is 9.00. The Bertz CT molecular complexity index is 548. The van der Waals surface area contributed by atoms with E-state index in [4.69, 9.17) is 19.4 Å². The molecule has 0 spiro atoms. The molecule has 7 nitrogen and oxygen atoms in total. The number of hydrogen-bond donors (Lipinski definition) is 2. The number of fused-ring (bicyclic) bond motifs is 1. The Labute approximate surface area is 154 Å². The average molecular weight is 364 g/mol. The summed E-state index contributed by atoms with van der Waals surface area (Å²) in [6.45, 7) is 5.44. The number of carbonyl (C=O) groups is 2. The molecular weight excluding hydrogens is 336 g/mol. The molecule has 0 radical (unpaired) electrons. The number of ether oxygens (including phenoxy) is 2. The van der Waals surface area contributed by atoms with Crippen LogP contribution in [0.1, 0.15) is 25.3 Å². The van der Waals surface area contributed by atoms with Crippen LogP contribution in [0.2, 0.25) is 0 Å². The van der Waals surface area contributed by atoms with Crippen molar-refractivity contribution >= 4 is 11.9 Å². The van der Waals surface area contributed by atoms with Crippen LogP contribution in [-0.4, -0.2) is 66.9 Å². The Morgan fingerprint density at radius 1 is 1.31 bits per heavy atom. The topological polar surface area (TPSA) is 88.1 Å². The standard InChI is InChI=1S/C17H24N2O3.C2H4O2/c20-17(19-11-15-16(12-19)22-10-8-18-15)7-4-9-21-13-14-5-2-1-3-6-14;1-2(3)4/h1-3,5-6,15-16,18H,4,7-13H2;1H3,(H,3,4)/t15-,16-;/m0./s1. The fraction of sp³-hybridized carbons (Fsp3) is 0.579. The van der Waals surface area contributed by atoms with Gasteiger partial charge in [0.2, 0.25) is 5.91 Å². The highest BCUT2D eigenvalue weighted by molar-refractivity contribution is 5.76. The van der Waals surface area contributed by atoms with Gasteiger partial charge in [-0.25, -0.2) is 0 Å². The van der Waals surface area contributed by atoms with Crippen LogP contribution in [0, 0.1) is 0 Å². The van der Waals surface area contributed by atoms with E-state index in [1.54, 1.807) is 0 Å². The summed E-state index contributed by atoms with van der Waals surface area (Å²) in [6.07, 6.45) is 1.49. The molecule has 0 saturated carbocycles. The third-order valence-electron chi connectivity index (χ3n) is 4.25. The van der Waals surface area contributed by atoms with Gasteiger partial charge in [0.25, 0.3) is 5.97 Å². The van der Waals surface area contributed by atoms with Crippen molar-refractivity contribution in [2.75, 3.05) is 32.8 Å². The summed E-state index contributed by atoms with van der Waals surface area (Å²) in [5.41, 5.74) is 1.17. The lowest BCUT2D eigenvalue weighted by molar-refractivity contribution is -0.134. The summed E-state index contributed by atoms with van der Waals surface area (Å²) in [7, 11) is 0. The number of amides is 1. The summed E-state index contributed by atoms with van der Waals surface area (Å²) >= 11 is 0. The SMILES string of the molecule is CC(=O)O.O=C(CCCOCc1ccccc1)N1C[C@@H]2NCCO[C@H]2C1. The van der Waals surface area contributed by atoms with E-state index in [1.165, 1.54) is 5.56 Å². The molecule has 144 valence electrons. The van der Waals surface area contributed by atoms with Gasteiger partial charge in [-0.3, -0.25) is 9.59 Å². The Balaban J connectivity index is 0.000000552. The molecule has 3 rings (SSSR count). The van der Waals surface area contributed by atoms with Gasteiger partial charge in [-0.2, -0.15) is 0 Å². The Morgan fingerprint density at radius 3 is 2.73 bits per heavy atom. The van der Waals surface area contributed by atoms with Gasteiger partial charge in [0.1, 0.15) is 0 Å². The third-order valence-corrected chi connectivity index (χ3v) is 4.25. The molecule has 1 aromatic rings. The van der Waals surface area contributed by atoms with Crippen molar-refractivity contribution in [3.8, 4) is 0 Å². The van der Waals surface area contributed by atoms with Crippen molar-refractivity contribution in [2.45, 2.75) is 38.5 Å². The van der Waals surface area contributed by atoms with Crippen molar-refractivity contribution in [3.05, 3.63) is 35.9 Å². The molecule has 0 bridgehead atoms. The highest BCUT2D eigenvalue weighted by Crippen LogP contribution is 2.17. The summed E-state index contributed by atoms with van der Waals surface area (Å²) in [5, 5.41) is 10.8. The number of morpholine rings is 1. The minimum absolute atomic E-state index is 0.173. The fourth-order valence-corrected chi connectivity index (χ4v) is 3.04. The van der Waals surface area contributed by atoms with Crippen LogP contribution >= 0.6 is 0 Å². The van der Waals surface area contributed by atoms with Crippen LogP contribution in [0.5, 0.6) is 0 Å². The van der Waals surface area contributed by atoms with E-state index in [0.29, 0.717) is 25.7 Å². The number of nitrogens with zero attached hydrogens (tertiary/aromatic N) is 1. The van der Waals surface area contributed by atoms with Crippen molar-refractivity contribution in [1.82, 2.24) is 10.2 Å². The number of carboxylic acid groups (broad SMARTS) is 1. The molecule has 2 saturated heterocycles. The Hall–Kier alpha value is -1.96. The zero-order chi connectivity index (χ0) is 18.8. The lowest BCUT2D eigenvalue weighted by Gasteiger charge is -2.25. The van der Waals surface area contributed by atoms with Gasteiger partial charge in [-0.15, -0.1) is 0 Å². The fourth-order valence-electron chi connectivity index (χ4n) is 3.04. The molecule has 0 unspecified atom stereocenters. The van der Waals surface area contributed by atoms with Crippen LogP contribution in [0.15, 0.2) is 30.3 Å². The van der Waals surface area contributed by atoms with Gasteiger partial charge in [0.15, 0.2) is 0 Å². The zero-order valence-corrected chi connectivity index (χ0v) is 15.2. The Kier molecular flexibility index (Phi) is 8.53. The van der Waals surface area contributed by atoms with Crippen LogP contribution in [0.3, 0.4) is 0 Å². The molecule has 26 heavy (non-hydrogen) atoms. The molecule has 2 atom stereocenters. The lowest BCUT2D eigenvalue weighted by atomic mass is 10.2.